The molecule has 1 N–H and O–H groups in total. The molecule has 7 heteroatoms. The standard InChI is InChI=1S/C18H16Cl3NO3/c1-3-16(23)11-4-6-13(7-5-11)25-10(2)18(24)22-17-14(20)8-12(19)9-15(17)21/h4-10H,3H2,1-2H3,(H,22,24)/t10-/m1/s1. The summed E-state index contributed by atoms with van der Waals surface area (Å²) >= 11 is 17.9. The summed E-state index contributed by atoms with van der Waals surface area (Å²) in [4.78, 5) is 23.9. The van der Waals surface area contributed by atoms with Gasteiger partial charge in [0.25, 0.3) is 5.91 Å². The molecule has 0 bridgehead atoms. The number of carbonyl (C=O) groups excluding carboxylic acids is 2. The van der Waals surface area contributed by atoms with Crippen LogP contribution in [0.15, 0.2) is 36.4 Å². The molecule has 4 nitrogen and oxygen atoms in total. The first-order valence-electron chi connectivity index (χ1n) is 7.57. The van der Waals surface area contributed by atoms with Crippen LogP contribution in [0.1, 0.15) is 30.6 Å². The van der Waals surface area contributed by atoms with Gasteiger partial charge in [-0.2, -0.15) is 0 Å². The Morgan fingerprint density at radius 3 is 2.16 bits per heavy atom. The second-order valence-corrected chi connectivity index (χ2v) is 6.55. The molecule has 132 valence electrons. The zero-order valence-corrected chi connectivity index (χ0v) is 15.9. The highest BCUT2D eigenvalue weighted by Crippen LogP contribution is 2.33. The van der Waals surface area contributed by atoms with E-state index in [4.69, 9.17) is 39.5 Å². The van der Waals surface area contributed by atoms with E-state index in [9.17, 15) is 9.59 Å². The summed E-state index contributed by atoms with van der Waals surface area (Å²) in [5.74, 6) is 0.104. The van der Waals surface area contributed by atoms with E-state index in [1.165, 1.54) is 12.1 Å². The van der Waals surface area contributed by atoms with Gasteiger partial charge < -0.3 is 10.1 Å². The quantitative estimate of drug-likeness (QED) is 0.638. The fourth-order valence-electron chi connectivity index (χ4n) is 2.07. The highest BCUT2D eigenvalue weighted by molar-refractivity contribution is 6.42. The van der Waals surface area contributed by atoms with Crippen molar-refractivity contribution < 1.29 is 14.3 Å². The monoisotopic (exact) mass is 399 g/mol. The van der Waals surface area contributed by atoms with Crippen LogP contribution in [0.25, 0.3) is 0 Å². The summed E-state index contributed by atoms with van der Waals surface area (Å²) in [6, 6.07) is 9.60. The van der Waals surface area contributed by atoms with E-state index in [1.807, 2.05) is 0 Å². The van der Waals surface area contributed by atoms with Crippen LogP contribution in [0.3, 0.4) is 0 Å². The maximum atomic E-state index is 12.3. The van der Waals surface area contributed by atoms with Crippen molar-refractivity contribution in [3.8, 4) is 5.75 Å². The molecule has 0 saturated carbocycles. The maximum absolute atomic E-state index is 12.3. The lowest BCUT2D eigenvalue weighted by atomic mass is 10.1. The first-order chi connectivity index (χ1) is 11.8. The summed E-state index contributed by atoms with van der Waals surface area (Å²) in [5, 5.41) is 3.47. The van der Waals surface area contributed by atoms with Gasteiger partial charge in [0.1, 0.15) is 5.75 Å². The number of halogens is 3. The van der Waals surface area contributed by atoms with E-state index in [0.29, 0.717) is 22.8 Å². The number of amides is 1. The highest BCUT2D eigenvalue weighted by Gasteiger charge is 2.18. The molecule has 1 atom stereocenters. The molecule has 0 spiro atoms. The van der Waals surface area contributed by atoms with Gasteiger partial charge in [-0.25, -0.2) is 0 Å². The van der Waals surface area contributed by atoms with Crippen molar-refractivity contribution >= 4 is 52.2 Å². The number of hydrogen-bond acceptors (Lipinski definition) is 3. The van der Waals surface area contributed by atoms with Crippen molar-refractivity contribution in [2.24, 2.45) is 0 Å². The zero-order valence-electron chi connectivity index (χ0n) is 13.6. The fourth-order valence-corrected chi connectivity index (χ4v) is 2.98. The van der Waals surface area contributed by atoms with E-state index in [0.717, 1.165) is 0 Å². The Hall–Kier alpha value is -1.75. The van der Waals surface area contributed by atoms with Crippen molar-refractivity contribution in [1.29, 1.82) is 0 Å². The van der Waals surface area contributed by atoms with Crippen LogP contribution in [0.5, 0.6) is 5.75 Å². The molecule has 2 rings (SSSR count). The van der Waals surface area contributed by atoms with E-state index in [-0.39, 0.29) is 21.5 Å². The van der Waals surface area contributed by atoms with E-state index >= 15 is 0 Å². The summed E-state index contributed by atoms with van der Waals surface area (Å²) in [5.41, 5.74) is 0.878. The molecule has 0 aromatic heterocycles. The molecule has 0 saturated heterocycles. The van der Waals surface area contributed by atoms with Crippen LogP contribution >= 0.6 is 34.8 Å². The first-order valence-corrected chi connectivity index (χ1v) is 8.70. The number of benzene rings is 2. The summed E-state index contributed by atoms with van der Waals surface area (Å²) in [6.45, 7) is 3.39. The molecule has 0 aliphatic heterocycles. The number of Topliss-reactive ketones (excluding diaryl/α,β-unsaturated/α-hetero) is 1. The number of rotatable bonds is 6. The molecule has 0 aliphatic carbocycles. The van der Waals surface area contributed by atoms with Crippen LogP contribution < -0.4 is 10.1 Å². The largest absolute Gasteiger partial charge is 0.481 e. The average molecular weight is 401 g/mol. The Balaban J connectivity index is 2.04. The van der Waals surface area contributed by atoms with Crippen LogP contribution in [0.2, 0.25) is 15.1 Å². The van der Waals surface area contributed by atoms with Crippen molar-refractivity contribution in [3.63, 3.8) is 0 Å². The molecular formula is C18H16Cl3NO3. The first kappa shape index (κ1) is 19.6. The number of ketones is 1. The fraction of sp³-hybridized carbons (Fsp3) is 0.222. The molecule has 1 amide bonds. The molecule has 0 unspecified atom stereocenters. The van der Waals surface area contributed by atoms with Gasteiger partial charge in [0.2, 0.25) is 0 Å². The van der Waals surface area contributed by atoms with Crippen LogP contribution in [0.4, 0.5) is 5.69 Å². The molecular weight excluding hydrogens is 385 g/mol. The average Bonchev–Trinajstić information content (AvgIpc) is 2.57. The summed E-state index contributed by atoms with van der Waals surface area (Å²) in [6.07, 6.45) is -0.364. The van der Waals surface area contributed by atoms with Gasteiger partial charge in [0.05, 0.1) is 15.7 Å². The Morgan fingerprint density at radius 2 is 1.64 bits per heavy atom. The third-order valence-electron chi connectivity index (χ3n) is 3.43. The molecule has 0 aliphatic rings. The number of ether oxygens (including phenoxy) is 1. The SMILES string of the molecule is CCC(=O)c1ccc(O[C@H](C)C(=O)Nc2c(Cl)cc(Cl)cc2Cl)cc1. The molecule has 0 radical (unpaired) electrons. The predicted molar refractivity (Wildman–Crippen MR) is 101 cm³/mol. The number of anilines is 1. The van der Waals surface area contributed by atoms with Crippen LogP contribution in [-0.4, -0.2) is 17.8 Å². The van der Waals surface area contributed by atoms with Crippen molar-refractivity contribution in [3.05, 3.63) is 57.0 Å². The second-order valence-electron chi connectivity index (χ2n) is 5.29. The predicted octanol–water partition coefficient (Wildman–Crippen LogP) is 5.65. The molecule has 2 aromatic rings. The Bertz CT molecular complexity index is 768. The third-order valence-corrected chi connectivity index (χ3v) is 4.25. The maximum Gasteiger partial charge on any atom is 0.265 e. The molecule has 25 heavy (non-hydrogen) atoms. The summed E-state index contributed by atoms with van der Waals surface area (Å²) < 4.78 is 5.58. The number of nitrogens with one attached hydrogen (secondary N) is 1. The molecule has 0 fully saturated rings. The van der Waals surface area contributed by atoms with Gasteiger partial charge in [-0.15, -0.1) is 0 Å². The smallest absolute Gasteiger partial charge is 0.265 e. The van der Waals surface area contributed by atoms with Gasteiger partial charge >= 0.3 is 0 Å². The molecule has 0 heterocycles. The highest BCUT2D eigenvalue weighted by atomic mass is 35.5. The van der Waals surface area contributed by atoms with E-state index in [1.54, 1.807) is 38.1 Å². The molecule has 2 aromatic carbocycles. The Morgan fingerprint density at radius 1 is 1.08 bits per heavy atom. The number of hydrogen-bond donors (Lipinski definition) is 1. The van der Waals surface area contributed by atoms with Crippen LogP contribution in [0, 0.1) is 0 Å². The van der Waals surface area contributed by atoms with Crippen LogP contribution in [-0.2, 0) is 4.79 Å². The lowest BCUT2D eigenvalue weighted by Crippen LogP contribution is -2.30. The zero-order chi connectivity index (χ0) is 18.6. The topological polar surface area (TPSA) is 55.4 Å². The normalized spacial score (nSPS) is 11.7. The van der Waals surface area contributed by atoms with Gasteiger partial charge in [0, 0.05) is 17.0 Å². The van der Waals surface area contributed by atoms with E-state index < -0.39 is 12.0 Å². The van der Waals surface area contributed by atoms with E-state index in [2.05, 4.69) is 5.32 Å². The Kier molecular flexibility index (Phi) is 6.71. The van der Waals surface area contributed by atoms with Crippen molar-refractivity contribution in [2.75, 3.05) is 5.32 Å². The van der Waals surface area contributed by atoms with Gasteiger partial charge in [-0.3, -0.25) is 9.59 Å². The summed E-state index contributed by atoms with van der Waals surface area (Å²) in [7, 11) is 0. The lowest BCUT2D eigenvalue weighted by Gasteiger charge is -2.16. The number of carbonyl (C=O) groups is 2. The van der Waals surface area contributed by atoms with Crippen molar-refractivity contribution in [2.45, 2.75) is 26.4 Å². The van der Waals surface area contributed by atoms with Gasteiger partial charge in [-0.1, -0.05) is 41.7 Å². The third kappa shape index (κ3) is 5.11. The van der Waals surface area contributed by atoms with Gasteiger partial charge in [-0.05, 0) is 43.3 Å². The minimum Gasteiger partial charge on any atom is -0.481 e. The van der Waals surface area contributed by atoms with Crippen molar-refractivity contribution in [1.82, 2.24) is 0 Å². The lowest BCUT2D eigenvalue weighted by molar-refractivity contribution is -0.122. The second kappa shape index (κ2) is 8.56. The minimum atomic E-state index is -0.796. The van der Waals surface area contributed by atoms with Gasteiger partial charge in [0.15, 0.2) is 11.9 Å². The Labute approximate surface area is 161 Å². The minimum absolute atomic E-state index is 0.0457.